The SMILES string of the molecule is Cc1cc2c(cc1C)OC(C(=O)N1CCC(OCCCN)CC1)C2.Cl. The quantitative estimate of drug-likeness (QED) is 0.810. The normalized spacial score (nSPS) is 20.0. The molecule has 0 saturated carbocycles. The maximum absolute atomic E-state index is 12.7. The molecule has 1 fully saturated rings. The number of likely N-dealkylation sites (tertiary alicyclic amines) is 1. The third kappa shape index (κ3) is 4.66. The van der Waals surface area contributed by atoms with Gasteiger partial charge in [0, 0.05) is 26.1 Å². The van der Waals surface area contributed by atoms with Gasteiger partial charge in [0.2, 0.25) is 0 Å². The first-order valence-electron chi connectivity index (χ1n) is 8.95. The van der Waals surface area contributed by atoms with Crippen molar-refractivity contribution in [3.63, 3.8) is 0 Å². The number of nitrogens with zero attached hydrogens (tertiary/aromatic N) is 1. The molecule has 0 bridgehead atoms. The van der Waals surface area contributed by atoms with Crippen molar-refractivity contribution in [1.82, 2.24) is 4.90 Å². The van der Waals surface area contributed by atoms with E-state index in [9.17, 15) is 4.79 Å². The Morgan fingerprint density at radius 2 is 1.96 bits per heavy atom. The molecule has 2 heterocycles. The molecule has 2 N–H and O–H groups in total. The van der Waals surface area contributed by atoms with E-state index in [1.54, 1.807) is 0 Å². The summed E-state index contributed by atoms with van der Waals surface area (Å²) in [7, 11) is 0. The Bertz CT molecular complexity index is 570. The fourth-order valence-corrected chi connectivity index (χ4v) is 3.43. The lowest BCUT2D eigenvalue weighted by atomic mass is 10.0. The number of piperidine rings is 1. The highest BCUT2D eigenvalue weighted by Gasteiger charge is 2.34. The zero-order chi connectivity index (χ0) is 17.1. The van der Waals surface area contributed by atoms with Crippen molar-refractivity contribution in [2.45, 2.75) is 51.7 Å². The predicted octanol–water partition coefficient (Wildman–Crippen LogP) is 2.39. The molecule has 0 aliphatic carbocycles. The number of carbonyl (C=O) groups is 1. The Morgan fingerprint density at radius 3 is 2.64 bits per heavy atom. The van der Waals surface area contributed by atoms with Crippen molar-refractivity contribution in [1.29, 1.82) is 0 Å². The summed E-state index contributed by atoms with van der Waals surface area (Å²) in [5.41, 5.74) is 9.09. The van der Waals surface area contributed by atoms with Gasteiger partial charge >= 0.3 is 0 Å². The molecular formula is C19H29ClN2O3. The average molecular weight is 369 g/mol. The Kier molecular flexibility index (Phi) is 7.11. The number of amides is 1. The van der Waals surface area contributed by atoms with Crippen LogP contribution in [0, 0.1) is 13.8 Å². The van der Waals surface area contributed by atoms with Gasteiger partial charge in [-0.15, -0.1) is 12.4 Å². The van der Waals surface area contributed by atoms with Gasteiger partial charge in [-0.1, -0.05) is 6.07 Å². The van der Waals surface area contributed by atoms with Crippen LogP contribution in [0.2, 0.25) is 0 Å². The molecule has 1 aromatic carbocycles. The second kappa shape index (κ2) is 8.88. The van der Waals surface area contributed by atoms with Crippen molar-refractivity contribution in [3.05, 3.63) is 28.8 Å². The van der Waals surface area contributed by atoms with Gasteiger partial charge < -0.3 is 20.1 Å². The molecule has 0 aromatic heterocycles. The zero-order valence-electron chi connectivity index (χ0n) is 15.1. The van der Waals surface area contributed by atoms with Crippen LogP contribution in [0.15, 0.2) is 12.1 Å². The molecule has 1 atom stereocenters. The van der Waals surface area contributed by atoms with E-state index in [2.05, 4.69) is 26.0 Å². The molecule has 1 aromatic rings. The van der Waals surface area contributed by atoms with Crippen molar-refractivity contribution >= 4 is 18.3 Å². The number of hydrogen-bond acceptors (Lipinski definition) is 4. The Morgan fingerprint density at radius 1 is 1.28 bits per heavy atom. The molecule has 5 nitrogen and oxygen atoms in total. The number of halogens is 1. The standard InChI is InChI=1S/C19H28N2O3.ClH/c1-13-10-15-12-18(24-17(15)11-14(13)2)19(22)21-7-4-16(5-8-21)23-9-3-6-20;/h10-11,16,18H,3-9,12,20H2,1-2H3;1H. The Balaban J connectivity index is 0.00000225. The molecule has 140 valence electrons. The number of carbonyl (C=O) groups excluding carboxylic acids is 1. The summed E-state index contributed by atoms with van der Waals surface area (Å²) in [5, 5.41) is 0. The molecule has 1 amide bonds. The lowest BCUT2D eigenvalue weighted by Gasteiger charge is -2.33. The van der Waals surface area contributed by atoms with Crippen LogP contribution in [0.3, 0.4) is 0 Å². The summed E-state index contributed by atoms with van der Waals surface area (Å²) < 4.78 is 11.7. The number of ether oxygens (including phenoxy) is 2. The lowest BCUT2D eigenvalue weighted by molar-refractivity contribution is -0.140. The van der Waals surface area contributed by atoms with Crippen LogP contribution in [-0.4, -0.2) is 49.3 Å². The van der Waals surface area contributed by atoms with Gasteiger partial charge in [-0.05, 0) is 62.4 Å². The molecule has 25 heavy (non-hydrogen) atoms. The van der Waals surface area contributed by atoms with Gasteiger partial charge in [0.15, 0.2) is 6.10 Å². The maximum Gasteiger partial charge on any atom is 0.263 e. The van der Waals surface area contributed by atoms with E-state index in [4.69, 9.17) is 15.2 Å². The van der Waals surface area contributed by atoms with Gasteiger partial charge in [0.1, 0.15) is 5.75 Å². The summed E-state index contributed by atoms with van der Waals surface area (Å²) in [6.07, 6.45) is 3.26. The average Bonchev–Trinajstić information content (AvgIpc) is 2.98. The van der Waals surface area contributed by atoms with Crippen molar-refractivity contribution < 1.29 is 14.3 Å². The van der Waals surface area contributed by atoms with E-state index in [0.29, 0.717) is 13.0 Å². The van der Waals surface area contributed by atoms with Crippen molar-refractivity contribution in [2.24, 2.45) is 5.73 Å². The van der Waals surface area contributed by atoms with Crippen LogP contribution in [0.5, 0.6) is 5.75 Å². The summed E-state index contributed by atoms with van der Waals surface area (Å²) in [5.74, 6) is 0.985. The summed E-state index contributed by atoms with van der Waals surface area (Å²) in [6.45, 7) is 7.05. The minimum atomic E-state index is -0.365. The van der Waals surface area contributed by atoms with Gasteiger partial charge in [0.25, 0.3) is 5.91 Å². The van der Waals surface area contributed by atoms with Crippen LogP contribution in [-0.2, 0) is 16.0 Å². The van der Waals surface area contributed by atoms with E-state index >= 15 is 0 Å². The smallest absolute Gasteiger partial charge is 0.263 e. The molecule has 1 unspecified atom stereocenters. The minimum absolute atomic E-state index is 0. The number of hydrogen-bond donors (Lipinski definition) is 1. The maximum atomic E-state index is 12.7. The summed E-state index contributed by atoms with van der Waals surface area (Å²) >= 11 is 0. The third-order valence-corrected chi connectivity index (χ3v) is 5.08. The van der Waals surface area contributed by atoms with Crippen LogP contribution in [0.25, 0.3) is 0 Å². The van der Waals surface area contributed by atoms with Gasteiger partial charge in [0.05, 0.1) is 6.10 Å². The van der Waals surface area contributed by atoms with E-state index in [0.717, 1.165) is 50.3 Å². The molecule has 0 radical (unpaired) electrons. The van der Waals surface area contributed by atoms with Crippen molar-refractivity contribution in [2.75, 3.05) is 26.2 Å². The minimum Gasteiger partial charge on any atom is -0.480 e. The van der Waals surface area contributed by atoms with E-state index in [1.165, 1.54) is 11.1 Å². The number of aryl methyl sites for hydroxylation is 2. The Labute approximate surface area is 156 Å². The fourth-order valence-electron chi connectivity index (χ4n) is 3.43. The molecule has 2 aliphatic heterocycles. The van der Waals surface area contributed by atoms with Crippen LogP contribution < -0.4 is 10.5 Å². The topological polar surface area (TPSA) is 64.8 Å². The third-order valence-electron chi connectivity index (χ3n) is 5.08. The zero-order valence-corrected chi connectivity index (χ0v) is 15.9. The largest absolute Gasteiger partial charge is 0.480 e. The first-order chi connectivity index (χ1) is 11.6. The van der Waals surface area contributed by atoms with Crippen LogP contribution >= 0.6 is 12.4 Å². The highest BCUT2D eigenvalue weighted by atomic mass is 35.5. The predicted molar refractivity (Wildman–Crippen MR) is 101 cm³/mol. The first-order valence-corrected chi connectivity index (χ1v) is 8.95. The number of fused-ring (bicyclic) bond motifs is 1. The second-order valence-electron chi connectivity index (χ2n) is 6.89. The van der Waals surface area contributed by atoms with E-state index in [-0.39, 0.29) is 30.5 Å². The van der Waals surface area contributed by atoms with Crippen LogP contribution in [0.4, 0.5) is 0 Å². The highest BCUT2D eigenvalue weighted by Crippen LogP contribution is 2.32. The van der Waals surface area contributed by atoms with Gasteiger partial charge in [-0.25, -0.2) is 0 Å². The van der Waals surface area contributed by atoms with Gasteiger partial charge in [-0.3, -0.25) is 4.79 Å². The molecular weight excluding hydrogens is 340 g/mol. The molecule has 6 heteroatoms. The number of nitrogens with two attached hydrogens (primary N) is 1. The molecule has 3 rings (SSSR count). The first kappa shape index (κ1) is 20.0. The van der Waals surface area contributed by atoms with Crippen LogP contribution in [0.1, 0.15) is 36.0 Å². The monoisotopic (exact) mass is 368 g/mol. The van der Waals surface area contributed by atoms with E-state index in [1.807, 2.05) is 4.90 Å². The number of rotatable bonds is 5. The highest BCUT2D eigenvalue weighted by molar-refractivity contribution is 5.85. The lowest BCUT2D eigenvalue weighted by Crippen LogP contribution is -2.46. The summed E-state index contributed by atoms with van der Waals surface area (Å²) in [6, 6.07) is 4.20. The second-order valence-corrected chi connectivity index (χ2v) is 6.89. The fraction of sp³-hybridized carbons (Fsp3) is 0.632. The number of benzene rings is 1. The summed E-state index contributed by atoms with van der Waals surface area (Å²) in [4.78, 5) is 14.7. The van der Waals surface area contributed by atoms with Gasteiger partial charge in [-0.2, -0.15) is 0 Å². The molecule has 1 saturated heterocycles. The molecule has 0 spiro atoms. The van der Waals surface area contributed by atoms with Crippen molar-refractivity contribution in [3.8, 4) is 5.75 Å². The Hall–Kier alpha value is -1.30. The molecule has 2 aliphatic rings. The van der Waals surface area contributed by atoms with E-state index < -0.39 is 0 Å².